The van der Waals surface area contributed by atoms with Crippen molar-refractivity contribution in [1.29, 1.82) is 0 Å². The number of hydrogen-bond acceptors (Lipinski definition) is 1. The number of rotatable bonds is 3. The molecule has 1 aliphatic carbocycles. The van der Waals surface area contributed by atoms with Gasteiger partial charge in [-0.2, -0.15) is 0 Å². The van der Waals surface area contributed by atoms with E-state index < -0.39 is 0 Å². The first kappa shape index (κ1) is 13.8. The topological polar surface area (TPSA) is 26.0 Å². The molecule has 0 saturated heterocycles. The first-order valence-electron chi connectivity index (χ1n) is 7.14. The Morgan fingerprint density at radius 3 is 1.95 bits per heavy atom. The minimum Gasteiger partial charge on any atom is -0.326 e. The molecule has 2 aromatic carbocycles. The van der Waals surface area contributed by atoms with Crippen molar-refractivity contribution in [2.75, 3.05) is 0 Å². The van der Waals surface area contributed by atoms with Gasteiger partial charge in [0.2, 0.25) is 0 Å². The van der Waals surface area contributed by atoms with E-state index in [4.69, 9.17) is 5.73 Å². The SMILES string of the molecule is CCC1CC1c1ccccc1.NCc1ccccc1. The first-order chi connectivity index (χ1) is 9.35. The van der Waals surface area contributed by atoms with Crippen molar-refractivity contribution in [1.82, 2.24) is 0 Å². The molecule has 1 fully saturated rings. The van der Waals surface area contributed by atoms with Crippen LogP contribution in [0.4, 0.5) is 0 Å². The molecule has 0 heterocycles. The van der Waals surface area contributed by atoms with Crippen LogP contribution < -0.4 is 5.73 Å². The van der Waals surface area contributed by atoms with Gasteiger partial charge in [0.05, 0.1) is 0 Å². The molecule has 0 aliphatic heterocycles. The van der Waals surface area contributed by atoms with E-state index in [1.807, 2.05) is 30.3 Å². The molecule has 0 amide bonds. The minimum atomic E-state index is 0.640. The third-order valence-electron chi connectivity index (χ3n) is 3.75. The van der Waals surface area contributed by atoms with E-state index in [9.17, 15) is 0 Å². The molecule has 100 valence electrons. The van der Waals surface area contributed by atoms with Crippen molar-refractivity contribution in [3.8, 4) is 0 Å². The van der Waals surface area contributed by atoms with E-state index in [1.54, 1.807) is 5.56 Å². The third-order valence-corrected chi connectivity index (χ3v) is 3.75. The Bertz CT molecular complexity index is 464. The Kier molecular flexibility index (Phi) is 5.17. The Balaban J connectivity index is 0.000000148. The molecule has 2 aromatic rings. The van der Waals surface area contributed by atoms with Crippen molar-refractivity contribution < 1.29 is 0 Å². The lowest BCUT2D eigenvalue weighted by Crippen LogP contribution is -1.94. The van der Waals surface area contributed by atoms with Crippen LogP contribution >= 0.6 is 0 Å². The van der Waals surface area contributed by atoms with Crippen molar-refractivity contribution >= 4 is 0 Å². The number of benzene rings is 2. The highest BCUT2D eigenvalue weighted by atomic mass is 14.5. The molecule has 0 aromatic heterocycles. The normalized spacial score (nSPS) is 20.3. The van der Waals surface area contributed by atoms with Crippen LogP contribution in [0.3, 0.4) is 0 Å². The standard InChI is InChI=1S/C11H14.C7H9N/c1-2-9-8-11(9)10-6-4-3-5-7-10;8-6-7-4-2-1-3-5-7/h3-7,9,11H,2,8H2,1H3;1-5H,6,8H2. The summed E-state index contributed by atoms with van der Waals surface area (Å²) in [6.07, 6.45) is 2.76. The van der Waals surface area contributed by atoms with Gasteiger partial charge in [0, 0.05) is 6.54 Å². The van der Waals surface area contributed by atoms with Crippen molar-refractivity contribution in [3.05, 3.63) is 71.8 Å². The van der Waals surface area contributed by atoms with Gasteiger partial charge in [-0.3, -0.25) is 0 Å². The monoisotopic (exact) mass is 253 g/mol. The predicted molar refractivity (Wildman–Crippen MR) is 81.9 cm³/mol. The zero-order chi connectivity index (χ0) is 13.5. The van der Waals surface area contributed by atoms with Gasteiger partial charge in [-0.15, -0.1) is 0 Å². The predicted octanol–water partition coefficient (Wildman–Crippen LogP) is 4.35. The molecular formula is C18H23N. The lowest BCUT2D eigenvalue weighted by Gasteiger charge is -1.96. The molecular weight excluding hydrogens is 230 g/mol. The Labute approximate surface area is 116 Å². The van der Waals surface area contributed by atoms with E-state index >= 15 is 0 Å². The van der Waals surface area contributed by atoms with E-state index in [0.29, 0.717) is 6.54 Å². The largest absolute Gasteiger partial charge is 0.326 e. The van der Waals surface area contributed by atoms with Crippen molar-refractivity contribution in [3.63, 3.8) is 0 Å². The second-order valence-corrected chi connectivity index (χ2v) is 5.11. The summed E-state index contributed by atoms with van der Waals surface area (Å²) in [5.41, 5.74) is 8.08. The van der Waals surface area contributed by atoms with E-state index in [0.717, 1.165) is 11.8 Å². The maximum absolute atomic E-state index is 5.35. The van der Waals surface area contributed by atoms with Crippen LogP contribution in [0.5, 0.6) is 0 Å². The van der Waals surface area contributed by atoms with Gasteiger partial charge in [0.25, 0.3) is 0 Å². The molecule has 1 heteroatoms. The van der Waals surface area contributed by atoms with Crippen molar-refractivity contribution in [2.45, 2.75) is 32.2 Å². The summed E-state index contributed by atoms with van der Waals surface area (Å²) < 4.78 is 0. The molecule has 2 unspecified atom stereocenters. The molecule has 1 saturated carbocycles. The maximum Gasteiger partial charge on any atom is 0.0178 e. The zero-order valence-electron chi connectivity index (χ0n) is 11.6. The molecule has 1 nitrogen and oxygen atoms in total. The van der Waals surface area contributed by atoms with E-state index in [1.165, 1.54) is 18.4 Å². The van der Waals surface area contributed by atoms with Gasteiger partial charge in [-0.25, -0.2) is 0 Å². The molecule has 3 rings (SSSR count). The summed E-state index contributed by atoms with van der Waals surface area (Å²) >= 11 is 0. The Morgan fingerprint density at radius 1 is 0.947 bits per heavy atom. The maximum atomic E-state index is 5.35. The van der Waals surface area contributed by atoms with E-state index in [-0.39, 0.29) is 0 Å². The average Bonchev–Trinajstić information content (AvgIpc) is 3.29. The van der Waals surface area contributed by atoms with Crippen LogP contribution in [0.25, 0.3) is 0 Å². The fraction of sp³-hybridized carbons (Fsp3) is 0.333. The van der Waals surface area contributed by atoms with E-state index in [2.05, 4.69) is 37.3 Å². The second-order valence-electron chi connectivity index (χ2n) is 5.11. The van der Waals surface area contributed by atoms with Crippen LogP contribution in [0.1, 0.15) is 36.8 Å². The van der Waals surface area contributed by atoms with Crippen molar-refractivity contribution in [2.24, 2.45) is 11.7 Å². The second kappa shape index (κ2) is 7.10. The molecule has 0 spiro atoms. The molecule has 0 bridgehead atoms. The quantitative estimate of drug-likeness (QED) is 0.865. The highest BCUT2D eigenvalue weighted by molar-refractivity contribution is 5.25. The zero-order valence-corrected chi connectivity index (χ0v) is 11.6. The smallest absolute Gasteiger partial charge is 0.0178 e. The number of hydrogen-bond donors (Lipinski definition) is 1. The summed E-state index contributed by atoms with van der Waals surface area (Å²) in [7, 11) is 0. The first-order valence-corrected chi connectivity index (χ1v) is 7.14. The van der Waals surface area contributed by atoms with Gasteiger partial charge in [-0.1, -0.05) is 74.0 Å². The Hall–Kier alpha value is -1.60. The summed E-state index contributed by atoms with van der Waals surface area (Å²) in [5.74, 6) is 1.87. The summed E-state index contributed by atoms with van der Waals surface area (Å²) in [6, 6.07) is 20.9. The lowest BCUT2D eigenvalue weighted by molar-refractivity contribution is 0.766. The van der Waals surface area contributed by atoms with Gasteiger partial charge >= 0.3 is 0 Å². The molecule has 2 atom stereocenters. The summed E-state index contributed by atoms with van der Waals surface area (Å²) in [6.45, 7) is 2.93. The Morgan fingerprint density at radius 2 is 1.53 bits per heavy atom. The molecule has 19 heavy (non-hydrogen) atoms. The average molecular weight is 253 g/mol. The van der Waals surface area contributed by atoms with Crippen LogP contribution in [0.15, 0.2) is 60.7 Å². The molecule has 0 radical (unpaired) electrons. The summed E-state index contributed by atoms with van der Waals surface area (Å²) in [5, 5.41) is 0. The van der Waals surface area contributed by atoms with Gasteiger partial charge < -0.3 is 5.73 Å². The minimum absolute atomic E-state index is 0.640. The molecule has 2 N–H and O–H groups in total. The molecule has 1 aliphatic rings. The van der Waals surface area contributed by atoms with Crippen LogP contribution in [-0.4, -0.2) is 0 Å². The summed E-state index contributed by atoms with van der Waals surface area (Å²) in [4.78, 5) is 0. The van der Waals surface area contributed by atoms with Gasteiger partial charge in [-0.05, 0) is 29.4 Å². The van der Waals surface area contributed by atoms with Crippen LogP contribution in [0, 0.1) is 5.92 Å². The van der Waals surface area contributed by atoms with Crippen LogP contribution in [-0.2, 0) is 6.54 Å². The third kappa shape index (κ3) is 4.22. The fourth-order valence-corrected chi connectivity index (χ4v) is 2.42. The highest BCUT2D eigenvalue weighted by Gasteiger charge is 2.35. The van der Waals surface area contributed by atoms with Gasteiger partial charge in [0.15, 0.2) is 0 Å². The van der Waals surface area contributed by atoms with Gasteiger partial charge in [0.1, 0.15) is 0 Å². The number of nitrogens with two attached hydrogens (primary N) is 1. The highest BCUT2D eigenvalue weighted by Crippen LogP contribution is 2.49. The lowest BCUT2D eigenvalue weighted by atomic mass is 10.1. The van der Waals surface area contributed by atoms with Crippen LogP contribution in [0.2, 0.25) is 0 Å². The fourth-order valence-electron chi connectivity index (χ4n) is 2.42.